The van der Waals surface area contributed by atoms with Gasteiger partial charge in [-0.1, -0.05) is 117 Å². The lowest BCUT2D eigenvalue weighted by molar-refractivity contribution is 0.143. The molecule has 1 amide bonds. The van der Waals surface area contributed by atoms with E-state index in [0.29, 0.717) is 6.61 Å². The van der Waals surface area contributed by atoms with E-state index in [1.54, 1.807) is 0 Å². The van der Waals surface area contributed by atoms with Crippen molar-refractivity contribution in [1.29, 1.82) is 0 Å². The average molecular weight is 370 g/mol. The number of carbonyl (C=O) groups excluding carboxylic acids is 1. The molecule has 26 heavy (non-hydrogen) atoms. The zero-order valence-electron chi connectivity index (χ0n) is 18.0. The van der Waals surface area contributed by atoms with Crippen LogP contribution < -0.4 is 5.32 Å². The van der Waals surface area contributed by atoms with Crippen molar-refractivity contribution in [2.75, 3.05) is 13.2 Å². The highest BCUT2D eigenvalue weighted by Crippen LogP contribution is 2.11. The molecule has 0 unspecified atom stereocenters. The summed E-state index contributed by atoms with van der Waals surface area (Å²) in [4.78, 5) is 11.5. The fourth-order valence-electron chi connectivity index (χ4n) is 3.25. The second kappa shape index (κ2) is 22.3. The summed E-state index contributed by atoms with van der Waals surface area (Å²) in [5.41, 5.74) is 0. The van der Waals surface area contributed by atoms with Crippen LogP contribution in [0.2, 0.25) is 0 Å². The predicted molar refractivity (Wildman–Crippen MR) is 114 cm³/mol. The van der Waals surface area contributed by atoms with E-state index >= 15 is 0 Å². The normalized spacial score (nSPS) is 10.8. The third kappa shape index (κ3) is 21.3. The Morgan fingerprint density at radius 3 is 1.42 bits per heavy atom. The van der Waals surface area contributed by atoms with Crippen molar-refractivity contribution in [3.05, 3.63) is 0 Å². The number of nitrogens with one attached hydrogen (secondary N) is 1. The van der Waals surface area contributed by atoms with Crippen LogP contribution in [0.5, 0.6) is 0 Å². The molecule has 0 fully saturated rings. The zero-order chi connectivity index (χ0) is 19.1. The highest BCUT2D eigenvalue weighted by atomic mass is 16.5. The number of rotatable bonds is 20. The van der Waals surface area contributed by atoms with Crippen LogP contribution in [-0.2, 0) is 4.74 Å². The van der Waals surface area contributed by atoms with E-state index in [9.17, 15) is 4.79 Å². The van der Waals surface area contributed by atoms with E-state index in [0.717, 1.165) is 19.4 Å². The summed E-state index contributed by atoms with van der Waals surface area (Å²) < 4.78 is 5.21. The quantitative estimate of drug-likeness (QED) is 0.222. The van der Waals surface area contributed by atoms with E-state index in [1.165, 1.54) is 103 Å². The van der Waals surface area contributed by atoms with Gasteiger partial charge in [0, 0.05) is 6.54 Å². The molecular weight excluding hydrogens is 322 g/mol. The minimum Gasteiger partial charge on any atom is -0.450 e. The molecule has 0 aromatic heterocycles. The minimum atomic E-state index is -0.235. The molecule has 0 aliphatic carbocycles. The second-order valence-electron chi connectivity index (χ2n) is 7.72. The van der Waals surface area contributed by atoms with Gasteiger partial charge in [-0.05, 0) is 12.8 Å². The average Bonchev–Trinajstić information content (AvgIpc) is 2.64. The van der Waals surface area contributed by atoms with Crippen LogP contribution in [0.15, 0.2) is 0 Å². The van der Waals surface area contributed by atoms with E-state index in [2.05, 4.69) is 19.2 Å². The zero-order valence-corrected chi connectivity index (χ0v) is 18.0. The van der Waals surface area contributed by atoms with Gasteiger partial charge in [-0.2, -0.15) is 0 Å². The molecule has 3 heteroatoms. The molecule has 0 atom stereocenters. The maximum atomic E-state index is 11.5. The largest absolute Gasteiger partial charge is 0.450 e. The molecular formula is C23H47NO2. The minimum absolute atomic E-state index is 0.235. The Morgan fingerprint density at radius 1 is 0.577 bits per heavy atom. The molecule has 0 aliphatic heterocycles. The first-order valence-corrected chi connectivity index (χ1v) is 11.7. The monoisotopic (exact) mass is 369 g/mol. The van der Waals surface area contributed by atoms with Gasteiger partial charge in [0.2, 0.25) is 0 Å². The van der Waals surface area contributed by atoms with Crippen molar-refractivity contribution < 1.29 is 9.53 Å². The number of amides is 1. The molecule has 0 saturated heterocycles. The summed E-state index contributed by atoms with van der Waals surface area (Å²) in [6.45, 7) is 5.82. The summed E-state index contributed by atoms with van der Waals surface area (Å²) in [6, 6.07) is 0. The van der Waals surface area contributed by atoms with Gasteiger partial charge >= 0.3 is 6.09 Å². The van der Waals surface area contributed by atoms with E-state index in [4.69, 9.17) is 4.74 Å². The number of hydrogen-bond acceptors (Lipinski definition) is 2. The maximum Gasteiger partial charge on any atom is 0.407 e. The third-order valence-corrected chi connectivity index (χ3v) is 5.03. The Labute approximate surface area is 164 Å². The molecule has 0 radical (unpaired) electrons. The maximum absolute atomic E-state index is 11.5. The van der Waals surface area contributed by atoms with Crippen LogP contribution in [0.3, 0.4) is 0 Å². The standard InChI is InChI=1S/C23H47NO2/c1-3-5-7-9-11-12-13-14-15-16-17-19-21-24-23(25)26-22-20-18-10-8-6-4-2/h3-22H2,1-2H3,(H,24,25). The molecule has 1 N–H and O–H groups in total. The van der Waals surface area contributed by atoms with Crippen LogP contribution in [0.4, 0.5) is 4.79 Å². The van der Waals surface area contributed by atoms with E-state index < -0.39 is 0 Å². The summed E-state index contributed by atoms with van der Waals surface area (Å²) >= 11 is 0. The molecule has 0 aromatic carbocycles. The molecule has 0 rings (SSSR count). The van der Waals surface area contributed by atoms with Crippen molar-refractivity contribution in [3.63, 3.8) is 0 Å². The van der Waals surface area contributed by atoms with Crippen molar-refractivity contribution in [2.45, 2.75) is 129 Å². The summed E-state index contributed by atoms with van der Waals surface area (Å²) in [5, 5.41) is 2.87. The third-order valence-electron chi connectivity index (χ3n) is 5.03. The lowest BCUT2D eigenvalue weighted by Gasteiger charge is -2.07. The molecule has 0 saturated carbocycles. The number of carbonyl (C=O) groups is 1. The first-order valence-electron chi connectivity index (χ1n) is 11.7. The number of alkyl carbamates (subject to hydrolysis) is 1. The van der Waals surface area contributed by atoms with Crippen molar-refractivity contribution in [1.82, 2.24) is 5.32 Å². The highest BCUT2D eigenvalue weighted by molar-refractivity contribution is 5.66. The van der Waals surface area contributed by atoms with E-state index in [1.807, 2.05) is 0 Å². The molecule has 0 spiro atoms. The molecule has 3 nitrogen and oxygen atoms in total. The summed E-state index contributed by atoms with van der Waals surface area (Å²) in [5.74, 6) is 0. The van der Waals surface area contributed by atoms with Crippen LogP contribution in [0.1, 0.15) is 129 Å². The van der Waals surface area contributed by atoms with Crippen LogP contribution in [-0.4, -0.2) is 19.2 Å². The van der Waals surface area contributed by atoms with Gasteiger partial charge in [-0.25, -0.2) is 4.79 Å². The van der Waals surface area contributed by atoms with Gasteiger partial charge in [0.15, 0.2) is 0 Å². The number of unbranched alkanes of at least 4 members (excludes halogenated alkanes) is 16. The number of ether oxygens (including phenoxy) is 1. The van der Waals surface area contributed by atoms with Gasteiger partial charge in [0.25, 0.3) is 0 Å². The topological polar surface area (TPSA) is 38.3 Å². The van der Waals surface area contributed by atoms with Gasteiger partial charge in [-0.3, -0.25) is 0 Å². The van der Waals surface area contributed by atoms with Crippen LogP contribution in [0, 0.1) is 0 Å². The predicted octanol–water partition coefficient (Wildman–Crippen LogP) is 7.77. The van der Waals surface area contributed by atoms with Crippen LogP contribution >= 0.6 is 0 Å². The van der Waals surface area contributed by atoms with Gasteiger partial charge in [0.05, 0.1) is 6.61 Å². The summed E-state index contributed by atoms with van der Waals surface area (Å²) in [6.07, 6.45) is 23.2. The SMILES string of the molecule is CCCCCCCCCCCCCCNC(=O)OCCCCCCCC. The molecule has 0 aliphatic rings. The van der Waals surface area contributed by atoms with Crippen molar-refractivity contribution >= 4 is 6.09 Å². The van der Waals surface area contributed by atoms with Crippen molar-refractivity contribution in [2.24, 2.45) is 0 Å². The Hall–Kier alpha value is -0.730. The first kappa shape index (κ1) is 25.3. The highest BCUT2D eigenvalue weighted by Gasteiger charge is 2.00. The molecule has 156 valence electrons. The molecule has 0 aromatic rings. The Kier molecular flexibility index (Phi) is 21.7. The Morgan fingerprint density at radius 2 is 0.962 bits per heavy atom. The molecule has 0 bridgehead atoms. The van der Waals surface area contributed by atoms with Gasteiger partial charge in [0.1, 0.15) is 0 Å². The second-order valence-corrected chi connectivity index (χ2v) is 7.72. The van der Waals surface area contributed by atoms with E-state index in [-0.39, 0.29) is 6.09 Å². The summed E-state index contributed by atoms with van der Waals surface area (Å²) in [7, 11) is 0. The van der Waals surface area contributed by atoms with Crippen LogP contribution in [0.25, 0.3) is 0 Å². The number of hydrogen-bond donors (Lipinski definition) is 1. The lowest BCUT2D eigenvalue weighted by atomic mass is 10.1. The Balaban J connectivity index is 3.12. The fraction of sp³-hybridized carbons (Fsp3) is 0.957. The van der Waals surface area contributed by atoms with Gasteiger partial charge in [-0.15, -0.1) is 0 Å². The molecule has 0 heterocycles. The van der Waals surface area contributed by atoms with Gasteiger partial charge < -0.3 is 10.1 Å². The van der Waals surface area contributed by atoms with Crippen molar-refractivity contribution in [3.8, 4) is 0 Å². The first-order chi connectivity index (χ1) is 12.8. The smallest absolute Gasteiger partial charge is 0.407 e. The fourth-order valence-corrected chi connectivity index (χ4v) is 3.25. The lowest BCUT2D eigenvalue weighted by Crippen LogP contribution is -2.25. The Bertz CT molecular complexity index is 281.